The number of aromatic nitrogens is 4. The summed E-state index contributed by atoms with van der Waals surface area (Å²) >= 11 is 3.44. The zero-order chi connectivity index (χ0) is 20.5. The van der Waals surface area contributed by atoms with Crippen LogP contribution in [0.4, 0.5) is 5.95 Å². The van der Waals surface area contributed by atoms with Crippen LogP contribution in [0.3, 0.4) is 0 Å². The lowest BCUT2D eigenvalue weighted by Gasteiger charge is -2.21. The first-order valence-electron chi connectivity index (χ1n) is 9.98. The van der Waals surface area contributed by atoms with Crippen molar-refractivity contribution in [3.8, 4) is 11.3 Å². The summed E-state index contributed by atoms with van der Waals surface area (Å²) in [6, 6.07) is 17.7. The summed E-state index contributed by atoms with van der Waals surface area (Å²) in [5.41, 5.74) is 4.25. The van der Waals surface area contributed by atoms with Crippen LogP contribution in [0.2, 0.25) is 0 Å². The van der Waals surface area contributed by atoms with Crippen LogP contribution in [0.25, 0.3) is 22.3 Å². The van der Waals surface area contributed by atoms with Gasteiger partial charge in [0.25, 0.3) is 5.91 Å². The van der Waals surface area contributed by atoms with Gasteiger partial charge in [-0.25, -0.2) is 4.98 Å². The third kappa shape index (κ3) is 3.70. The number of benzene rings is 2. The Hall–Kier alpha value is -3.13. The van der Waals surface area contributed by atoms with Gasteiger partial charge < -0.3 is 14.8 Å². The van der Waals surface area contributed by atoms with Gasteiger partial charge in [-0.2, -0.15) is 5.10 Å². The van der Waals surface area contributed by atoms with E-state index in [1.807, 2.05) is 59.5 Å². The molecule has 0 aliphatic carbocycles. The van der Waals surface area contributed by atoms with Crippen LogP contribution in [0.1, 0.15) is 16.9 Å². The standard InChI is InChI=1S/C22H21BrN6O/c23-16-8-6-15(7-9-16)19-14-20(27-26-19)21(30)28-10-3-11-29(13-12-28)22-24-17-4-1-2-5-18(17)25-22/h1-2,4-9,14H,3,10-13H2,(H,24,25)(H,26,27). The SMILES string of the molecule is O=C(c1cc(-c2ccc(Br)cc2)n[nH]1)N1CCCN(c2nc3ccccc3[nH]2)CC1. The molecule has 0 saturated carbocycles. The maximum Gasteiger partial charge on any atom is 0.271 e. The Kier molecular flexibility index (Phi) is 5.00. The van der Waals surface area contributed by atoms with Gasteiger partial charge in [0, 0.05) is 36.2 Å². The van der Waals surface area contributed by atoms with E-state index in [1.54, 1.807) is 0 Å². The summed E-state index contributed by atoms with van der Waals surface area (Å²) in [6.45, 7) is 2.95. The number of carbonyl (C=O) groups is 1. The number of para-hydroxylation sites is 2. The first-order chi connectivity index (χ1) is 14.7. The fourth-order valence-corrected chi connectivity index (χ4v) is 4.06. The molecule has 8 heteroatoms. The highest BCUT2D eigenvalue weighted by Gasteiger charge is 2.23. The Morgan fingerprint density at radius 3 is 2.67 bits per heavy atom. The van der Waals surface area contributed by atoms with Gasteiger partial charge in [-0.3, -0.25) is 9.89 Å². The van der Waals surface area contributed by atoms with E-state index in [9.17, 15) is 4.79 Å². The second-order valence-corrected chi connectivity index (χ2v) is 8.30. The summed E-state index contributed by atoms with van der Waals surface area (Å²) < 4.78 is 1.01. The van der Waals surface area contributed by atoms with E-state index < -0.39 is 0 Å². The van der Waals surface area contributed by atoms with Crippen LogP contribution in [0.5, 0.6) is 0 Å². The van der Waals surface area contributed by atoms with Gasteiger partial charge in [0.15, 0.2) is 0 Å². The van der Waals surface area contributed by atoms with Crippen LogP contribution < -0.4 is 4.90 Å². The predicted octanol–water partition coefficient (Wildman–Crippen LogP) is 4.07. The van der Waals surface area contributed by atoms with Crippen LogP contribution in [-0.2, 0) is 0 Å². The lowest BCUT2D eigenvalue weighted by molar-refractivity contribution is 0.0761. The van der Waals surface area contributed by atoms with Gasteiger partial charge in [-0.15, -0.1) is 0 Å². The van der Waals surface area contributed by atoms with Crippen molar-refractivity contribution in [2.24, 2.45) is 0 Å². The van der Waals surface area contributed by atoms with Crippen LogP contribution in [-0.4, -0.2) is 57.2 Å². The highest BCUT2D eigenvalue weighted by molar-refractivity contribution is 9.10. The molecule has 1 aliphatic heterocycles. The fraction of sp³-hybridized carbons (Fsp3) is 0.227. The number of H-pyrrole nitrogens is 2. The maximum absolute atomic E-state index is 13.0. The van der Waals surface area contributed by atoms with Gasteiger partial charge in [-0.05, 0) is 36.8 Å². The molecule has 0 bridgehead atoms. The molecule has 152 valence electrons. The molecule has 0 atom stereocenters. The number of aromatic amines is 2. The average molecular weight is 465 g/mol. The second-order valence-electron chi connectivity index (χ2n) is 7.38. The maximum atomic E-state index is 13.0. The molecule has 1 amide bonds. The molecule has 2 N–H and O–H groups in total. The lowest BCUT2D eigenvalue weighted by Crippen LogP contribution is -2.35. The van der Waals surface area contributed by atoms with E-state index in [1.165, 1.54) is 0 Å². The van der Waals surface area contributed by atoms with E-state index in [2.05, 4.69) is 36.0 Å². The summed E-state index contributed by atoms with van der Waals surface area (Å²) in [6.07, 6.45) is 0.885. The minimum atomic E-state index is -0.0164. The largest absolute Gasteiger partial charge is 0.341 e. The molecular weight excluding hydrogens is 444 g/mol. The van der Waals surface area contributed by atoms with Crippen LogP contribution in [0.15, 0.2) is 59.1 Å². The number of hydrogen-bond acceptors (Lipinski definition) is 4. The van der Waals surface area contributed by atoms with Crippen molar-refractivity contribution < 1.29 is 4.79 Å². The third-order valence-electron chi connectivity index (χ3n) is 5.41. The van der Waals surface area contributed by atoms with Gasteiger partial charge in [-0.1, -0.05) is 40.2 Å². The van der Waals surface area contributed by atoms with E-state index in [-0.39, 0.29) is 5.91 Å². The number of nitrogens with zero attached hydrogens (tertiary/aromatic N) is 4. The van der Waals surface area contributed by atoms with E-state index in [4.69, 9.17) is 4.98 Å². The number of imidazole rings is 1. The summed E-state index contributed by atoms with van der Waals surface area (Å²) in [5, 5.41) is 7.24. The third-order valence-corrected chi connectivity index (χ3v) is 5.94. The Morgan fingerprint density at radius 1 is 1.00 bits per heavy atom. The van der Waals surface area contributed by atoms with Crippen molar-refractivity contribution in [2.75, 3.05) is 31.1 Å². The number of hydrogen-bond donors (Lipinski definition) is 2. The smallest absolute Gasteiger partial charge is 0.271 e. The van der Waals surface area contributed by atoms with Crippen molar-refractivity contribution in [3.63, 3.8) is 0 Å². The highest BCUT2D eigenvalue weighted by Crippen LogP contribution is 2.22. The number of rotatable bonds is 3. The van der Waals surface area contributed by atoms with Gasteiger partial charge in [0.05, 0.1) is 16.7 Å². The topological polar surface area (TPSA) is 80.9 Å². The van der Waals surface area contributed by atoms with Crippen molar-refractivity contribution in [1.29, 1.82) is 0 Å². The second kappa shape index (κ2) is 7.95. The zero-order valence-corrected chi connectivity index (χ0v) is 17.9. The van der Waals surface area contributed by atoms with Gasteiger partial charge >= 0.3 is 0 Å². The number of fused-ring (bicyclic) bond motifs is 1. The molecule has 1 saturated heterocycles. The number of nitrogens with one attached hydrogen (secondary N) is 2. The number of anilines is 1. The summed E-state index contributed by atoms with van der Waals surface area (Å²) in [4.78, 5) is 25.2. The molecule has 2 aromatic heterocycles. The predicted molar refractivity (Wildman–Crippen MR) is 121 cm³/mol. The molecule has 30 heavy (non-hydrogen) atoms. The Bertz CT molecular complexity index is 1150. The molecule has 1 aliphatic rings. The molecule has 2 aromatic carbocycles. The van der Waals surface area contributed by atoms with Gasteiger partial charge in [0.1, 0.15) is 5.69 Å². The molecule has 5 rings (SSSR count). The van der Waals surface area contributed by atoms with E-state index in [0.29, 0.717) is 18.8 Å². The Labute approximate surface area is 182 Å². The van der Waals surface area contributed by atoms with Crippen molar-refractivity contribution >= 4 is 38.8 Å². The highest BCUT2D eigenvalue weighted by atomic mass is 79.9. The first-order valence-corrected chi connectivity index (χ1v) is 10.8. The first kappa shape index (κ1) is 18.9. The number of halogens is 1. The lowest BCUT2D eigenvalue weighted by atomic mass is 10.1. The molecule has 1 fully saturated rings. The molecular formula is C22H21BrN6O. The fourth-order valence-electron chi connectivity index (χ4n) is 3.79. The minimum absolute atomic E-state index is 0.0164. The Morgan fingerprint density at radius 2 is 1.83 bits per heavy atom. The van der Waals surface area contributed by atoms with Crippen molar-refractivity contribution in [2.45, 2.75) is 6.42 Å². The Balaban J connectivity index is 1.28. The zero-order valence-electron chi connectivity index (χ0n) is 16.3. The summed E-state index contributed by atoms with van der Waals surface area (Å²) in [5.74, 6) is 0.849. The van der Waals surface area contributed by atoms with Crippen LogP contribution in [0, 0.1) is 0 Å². The minimum Gasteiger partial charge on any atom is -0.341 e. The number of carbonyl (C=O) groups excluding carboxylic acids is 1. The van der Waals surface area contributed by atoms with Crippen LogP contribution >= 0.6 is 15.9 Å². The monoisotopic (exact) mass is 464 g/mol. The van der Waals surface area contributed by atoms with Crippen molar-refractivity contribution in [1.82, 2.24) is 25.1 Å². The molecule has 0 spiro atoms. The quantitative estimate of drug-likeness (QED) is 0.478. The van der Waals surface area contributed by atoms with Gasteiger partial charge in [0.2, 0.25) is 5.95 Å². The molecule has 3 heterocycles. The molecule has 4 aromatic rings. The van der Waals surface area contributed by atoms with E-state index in [0.717, 1.165) is 52.2 Å². The van der Waals surface area contributed by atoms with E-state index >= 15 is 0 Å². The molecule has 0 unspecified atom stereocenters. The molecule has 7 nitrogen and oxygen atoms in total. The van der Waals surface area contributed by atoms with Crippen molar-refractivity contribution in [3.05, 3.63) is 64.8 Å². The average Bonchev–Trinajstić information content (AvgIpc) is 3.35. The number of amides is 1. The normalized spacial score (nSPS) is 14.8. The summed E-state index contributed by atoms with van der Waals surface area (Å²) in [7, 11) is 0. The molecule has 0 radical (unpaired) electrons.